The zero-order valence-corrected chi connectivity index (χ0v) is 7.30. The van der Waals surface area contributed by atoms with Gasteiger partial charge in [0.2, 0.25) is 6.43 Å². The Hall–Kier alpha value is -1.04. The minimum absolute atomic E-state index is 0.317. The summed E-state index contributed by atoms with van der Waals surface area (Å²) in [5.74, 6) is -2.45. The smallest absolute Gasteiger partial charge is 0.304 e. The first-order chi connectivity index (χ1) is 6.11. The molecule has 0 aliphatic rings. The number of hydrogen-bond donors (Lipinski definition) is 1. The third-order valence-electron chi connectivity index (χ3n) is 1.52. The number of rotatable bonds is 4. The third kappa shape index (κ3) is 2.73. The molecule has 0 fully saturated rings. The molecule has 0 saturated carbocycles. The summed E-state index contributed by atoms with van der Waals surface area (Å²) >= 11 is 1.05. The maximum absolute atomic E-state index is 12.3. The van der Waals surface area contributed by atoms with Gasteiger partial charge >= 0.3 is 5.97 Å². The van der Waals surface area contributed by atoms with E-state index in [2.05, 4.69) is 4.98 Å². The Labute approximate surface area is 77.0 Å². The molecule has 0 bridgehead atoms. The first kappa shape index (κ1) is 10.0. The van der Waals surface area contributed by atoms with Crippen molar-refractivity contribution >= 4 is 17.3 Å². The number of aromatic nitrogens is 1. The quantitative estimate of drug-likeness (QED) is 0.821. The van der Waals surface area contributed by atoms with Gasteiger partial charge in [-0.25, -0.2) is 8.78 Å². The Morgan fingerprint density at radius 1 is 1.69 bits per heavy atom. The number of alkyl halides is 2. The van der Waals surface area contributed by atoms with Crippen molar-refractivity contribution in [3.63, 3.8) is 0 Å². The first-order valence-electron chi connectivity index (χ1n) is 3.49. The van der Waals surface area contributed by atoms with Crippen LogP contribution in [0, 0.1) is 0 Å². The Morgan fingerprint density at radius 3 is 2.77 bits per heavy atom. The van der Waals surface area contributed by atoms with Gasteiger partial charge in [-0.2, -0.15) is 0 Å². The maximum atomic E-state index is 12.3. The van der Waals surface area contributed by atoms with Gasteiger partial charge in [-0.3, -0.25) is 9.78 Å². The number of hydrogen-bond acceptors (Lipinski definition) is 3. The second-order valence-corrected chi connectivity index (χ2v) is 3.36. The first-order valence-corrected chi connectivity index (χ1v) is 4.37. The van der Waals surface area contributed by atoms with Crippen molar-refractivity contribution in [3.8, 4) is 0 Å². The number of carboxylic acids is 1. The van der Waals surface area contributed by atoms with Crippen LogP contribution in [-0.4, -0.2) is 22.5 Å². The van der Waals surface area contributed by atoms with Crippen LogP contribution < -0.4 is 0 Å². The van der Waals surface area contributed by atoms with E-state index in [1.54, 1.807) is 0 Å². The van der Waals surface area contributed by atoms with Crippen LogP contribution in [0.3, 0.4) is 0 Å². The van der Waals surface area contributed by atoms with Gasteiger partial charge < -0.3 is 5.11 Å². The number of halogens is 2. The van der Waals surface area contributed by atoms with Crippen LogP contribution in [0.2, 0.25) is 0 Å². The highest BCUT2D eigenvalue weighted by Gasteiger charge is 2.26. The summed E-state index contributed by atoms with van der Waals surface area (Å²) in [6.07, 6.45) is -1.93. The van der Waals surface area contributed by atoms with E-state index in [0.717, 1.165) is 11.3 Å². The second-order valence-electron chi connectivity index (χ2n) is 2.44. The molecule has 72 valence electrons. The fourth-order valence-corrected chi connectivity index (χ4v) is 1.64. The molecular weight excluding hydrogens is 200 g/mol. The molecule has 1 aromatic rings. The van der Waals surface area contributed by atoms with Gasteiger partial charge in [0.15, 0.2) is 0 Å². The topological polar surface area (TPSA) is 50.2 Å². The molecule has 3 nitrogen and oxygen atoms in total. The molecule has 0 aromatic carbocycles. The number of nitrogens with zero attached hydrogens (tertiary/aromatic N) is 1. The number of carbonyl (C=O) groups is 1. The lowest BCUT2D eigenvalue weighted by Gasteiger charge is -2.10. The summed E-state index contributed by atoms with van der Waals surface area (Å²) in [5.41, 5.74) is 1.41. The zero-order valence-electron chi connectivity index (χ0n) is 6.48. The van der Waals surface area contributed by atoms with Gasteiger partial charge in [-0.1, -0.05) is 0 Å². The summed E-state index contributed by atoms with van der Waals surface area (Å²) in [7, 11) is 0. The van der Waals surface area contributed by atoms with E-state index < -0.39 is 24.7 Å². The SMILES string of the molecule is O=C(O)CC(c1cncs1)C(F)F. The molecular formula is C7H7F2NO2S. The van der Waals surface area contributed by atoms with Gasteiger partial charge in [-0.05, 0) is 0 Å². The lowest BCUT2D eigenvalue weighted by molar-refractivity contribution is -0.138. The molecule has 1 rings (SSSR count). The molecule has 13 heavy (non-hydrogen) atoms. The maximum Gasteiger partial charge on any atom is 0.304 e. The summed E-state index contributed by atoms with van der Waals surface area (Å²) in [4.78, 5) is 14.2. The molecule has 1 unspecified atom stereocenters. The highest BCUT2D eigenvalue weighted by Crippen LogP contribution is 2.29. The molecule has 0 aliphatic carbocycles. The van der Waals surface area contributed by atoms with Crippen LogP contribution in [0.15, 0.2) is 11.7 Å². The summed E-state index contributed by atoms with van der Waals surface area (Å²) < 4.78 is 24.7. The molecule has 0 amide bonds. The molecule has 1 atom stereocenters. The van der Waals surface area contributed by atoms with Gasteiger partial charge in [0, 0.05) is 11.1 Å². The summed E-state index contributed by atoms with van der Waals surface area (Å²) in [6.45, 7) is 0. The van der Waals surface area contributed by atoms with Crippen LogP contribution >= 0.6 is 11.3 Å². The lowest BCUT2D eigenvalue weighted by Crippen LogP contribution is -2.12. The summed E-state index contributed by atoms with van der Waals surface area (Å²) in [6, 6.07) is 0. The lowest BCUT2D eigenvalue weighted by atomic mass is 10.1. The Balaban J connectivity index is 2.74. The van der Waals surface area contributed by atoms with Crippen LogP contribution in [-0.2, 0) is 4.79 Å². The van der Waals surface area contributed by atoms with Crippen molar-refractivity contribution < 1.29 is 18.7 Å². The Bertz CT molecular complexity index is 276. The van der Waals surface area contributed by atoms with E-state index in [1.165, 1.54) is 11.7 Å². The van der Waals surface area contributed by atoms with E-state index in [0.29, 0.717) is 4.88 Å². The standard InChI is InChI=1S/C7H7F2NO2S/c8-7(9)4(1-6(11)12)5-2-10-3-13-5/h2-4,7H,1H2,(H,11,12). The second kappa shape index (κ2) is 4.27. The van der Waals surface area contributed by atoms with Crippen LogP contribution in [0.5, 0.6) is 0 Å². The molecule has 0 saturated heterocycles. The van der Waals surface area contributed by atoms with Crippen LogP contribution in [0.1, 0.15) is 17.2 Å². The molecule has 1 aromatic heterocycles. The predicted octanol–water partition coefficient (Wildman–Crippen LogP) is 1.97. The van der Waals surface area contributed by atoms with E-state index in [9.17, 15) is 13.6 Å². The number of carboxylic acid groups (broad SMARTS) is 1. The number of aliphatic carboxylic acids is 1. The highest BCUT2D eigenvalue weighted by molar-refractivity contribution is 7.09. The normalized spacial score (nSPS) is 13.2. The van der Waals surface area contributed by atoms with E-state index in [1.807, 2.05) is 0 Å². The average molecular weight is 207 g/mol. The minimum atomic E-state index is -2.66. The van der Waals surface area contributed by atoms with Crippen molar-refractivity contribution in [2.45, 2.75) is 18.8 Å². The van der Waals surface area contributed by atoms with E-state index in [4.69, 9.17) is 5.11 Å². The van der Waals surface area contributed by atoms with E-state index in [-0.39, 0.29) is 0 Å². The van der Waals surface area contributed by atoms with Crippen molar-refractivity contribution in [3.05, 3.63) is 16.6 Å². The highest BCUT2D eigenvalue weighted by atomic mass is 32.1. The molecule has 6 heteroatoms. The third-order valence-corrected chi connectivity index (χ3v) is 2.42. The molecule has 1 heterocycles. The van der Waals surface area contributed by atoms with Gasteiger partial charge in [-0.15, -0.1) is 11.3 Å². The van der Waals surface area contributed by atoms with Gasteiger partial charge in [0.25, 0.3) is 0 Å². The predicted molar refractivity (Wildman–Crippen MR) is 43.1 cm³/mol. The minimum Gasteiger partial charge on any atom is -0.481 e. The van der Waals surface area contributed by atoms with Crippen molar-refractivity contribution in [1.82, 2.24) is 4.98 Å². The Morgan fingerprint density at radius 2 is 2.38 bits per heavy atom. The molecule has 1 N–H and O–H groups in total. The fourth-order valence-electron chi connectivity index (χ4n) is 0.911. The molecule has 0 aliphatic heterocycles. The fraction of sp³-hybridized carbons (Fsp3) is 0.429. The van der Waals surface area contributed by atoms with Crippen LogP contribution in [0.25, 0.3) is 0 Å². The van der Waals surface area contributed by atoms with Crippen molar-refractivity contribution in [1.29, 1.82) is 0 Å². The van der Waals surface area contributed by atoms with Crippen molar-refractivity contribution in [2.24, 2.45) is 0 Å². The average Bonchev–Trinajstić information content (AvgIpc) is 2.50. The molecule has 0 spiro atoms. The van der Waals surface area contributed by atoms with Gasteiger partial charge in [0.1, 0.15) is 0 Å². The number of thiazole rings is 1. The van der Waals surface area contributed by atoms with Gasteiger partial charge in [0.05, 0.1) is 17.8 Å². The molecule has 0 radical (unpaired) electrons. The van der Waals surface area contributed by atoms with Crippen molar-refractivity contribution in [2.75, 3.05) is 0 Å². The largest absolute Gasteiger partial charge is 0.481 e. The van der Waals surface area contributed by atoms with E-state index >= 15 is 0 Å². The summed E-state index contributed by atoms with van der Waals surface area (Å²) in [5, 5.41) is 8.38. The van der Waals surface area contributed by atoms with Crippen LogP contribution in [0.4, 0.5) is 8.78 Å². The monoisotopic (exact) mass is 207 g/mol. The zero-order chi connectivity index (χ0) is 9.84. The Kier molecular flexibility index (Phi) is 3.30.